The van der Waals surface area contributed by atoms with E-state index < -0.39 is 0 Å². The number of halogens is 1. The molecule has 1 saturated carbocycles. The minimum atomic E-state index is 0.586. The molecule has 1 aromatic carbocycles. The van der Waals surface area contributed by atoms with Gasteiger partial charge in [-0.3, -0.25) is 0 Å². The average Bonchev–Trinajstić information content (AvgIpc) is 2.54. The molecule has 0 amide bonds. The molecule has 1 N–H and O–H groups in total. The van der Waals surface area contributed by atoms with Crippen LogP contribution < -0.4 is 5.32 Å². The fourth-order valence-electron chi connectivity index (χ4n) is 2.62. The summed E-state index contributed by atoms with van der Waals surface area (Å²) in [7, 11) is 0. The molecule has 15 heavy (non-hydrogen) atoms. The number of nitrogens with one attached hydrogen (secondary N) is 1. The van der Waals surface area contributed by atoms with Gasteiger partial charge in [-0.1, -0.05) is 24.1 Å². The molecule has 3 rings (SSSR count). The van der Waals surface area contributed by atoms with Crippen LogP contribution in [0.5, 0.6) is 0 Å². The number of hydrogen-bond acceptors (Lipinski definition) is 1. The Morgan fingerprint density at radius 1 is 1.20 bits per heavy atom. The summed E-state index contributed by atoms with van der Waals surface area (Å²) in [6, 6.07) is 7.70. The lowest BCUT2D eigenvalue weighted by molar-refractivity contribution is 0.304. The van der Waals surface area contributed by atoms with Crippen molar-refractivity contribution in [3.8, 4) is 0 Å². The molecule has 0 aliphatic heterocycles. The largest absolute Gasteiger partial charge is 0.307 e. The van der Waals surface area contributed by atoms with Gasteiger partial charge in [-0.25, -0.2) is 0 Å². The Morgan fingerprint density at radius 3 is 2.80 bits per heavy atom. The topological polar surface area (TPSA) is 12.0 Å². The minimum absolute atomic E-state index is 0.586. The molecule has 1 nitrogen and oxygen atoms in total. The summed E-state index contributed by atoms with van der Waals surface area (Å²) in [4.78, 5) is 0. The maximum absolute atomic E-state index is 5.99. The van der Waals surface area contributed by atoms with Crippen molar-refractivity contribution in [3.05, 3.63) is 34.3 Å². The molecule has 2 aliphatic carbocycles. The van der Waals surface area contributed by atoms with Crippen molar-refractivity contribution >= 4 is 11.6 Å². The van der Waals surface area contributed by atoms with E-state index in [1.165, 1.54) is 43.2 Å². The molecule has 2 aliphatic rings. The first-order valence-corrected chi connectivity index (χ1v) is 6.25. The average molecular weight is 222 g/mol. The molecular formula is C13H16ClN. The minimum Gasteiger partial charge on any atom is -0.307 e. The first kappa shape index (κ1) is 9.68. The Morgan fingerprint density at radius 2 is 2.07 bits per heavy atom. The SMILES string of the molecule is Clc1ccc2c(c1)CCC2NC1CCC1. The van der Waals surface area contributed by atoms with Crippen molar-refractivity contribution in [2.24, 2.45) is 0 Å². The van der Waals surface area contributed by atoms with Gasteiger partial charge in [-0.2, -0.15) is 0 Å². The van der Waals surface area contributed by atoms with Crippen LogP contribution in [-0.2, 0) is 6.42 Å². The molecule has 1 aromatic rings. The number of fused-ring (bicyclic) bond motifs is 1. The number of rotatable bonds is 2. The molecule has 0 heterocycles. The van der Waals surface area contributed by atoms with Crippen molar-refractivity contribution in [1.29, 1.82) is 0 Å². The molecule has 1 fully saturated rings. The van der Waals surface area contributed by atoms with Crippen LogP contribution in [0.1, 0.15) is 42.9 Å². The molecule has 0 aromatic heterocycles. The standard InChI is InChI=1S/C13H16ClN/c14-10-5-6-12-9(8-10)4-7-13(12)15-11-2-1-3-11/h5-6,8,11,13,15H,1-4,7H2. The number of aryl methyl sites for hydroxylation is 1. The van der Waals surface area contributed by atoms with E-state index in [0.29, 0.717) is 6.04 Å². The summed E-state index contributed by atoms with van der Waals surface area (Å²) in [6.07, 6.45) is 6.54. The third-order valence-corrected chi connectivity index (χ3v) is 3.96. The molecule has 0 spiro atoms. The maximum Gasteiger partial charge on any atom is 0.0408 e. The second-order valence-electron chi connectivity index (χ2n) is 4.73. The van der Waals surface area contributed by atoms with E-state index in [2.05, 4.69) is 17.4 Å². The second kappa shape index (κ2) is 3.80. The van der Waals surface area contributed by atoms with Gasteiger partial charge < -0.3 is 5.32 Å². The first-order valence-electron chi connectivity index (χ1n) is 5.87. The van der Waals surface area contributed by atoms with Crippen LogP contribution in [0.25, 0.3) is 0 Å². The summed E-state index contributed by atoms with van der Waals surface area (Å²) in [5, 5.41) is 4.62. The quantitative estimate of drug-likeness (QED) is 0.807. The van der Waals surface area contributed by atoms with E-state index >= 15 is 0 Å². The smallest absolute Gasteiger partial charge is 0.0408 e. The van der Waals surface area contributed by atoms with Crippen LogP contribution in [0.4, 0.5) is 0 Å². The fourth-order valence-corrected chi connectivity index (χ4v) is 2.81. The normalized spacial score (nSPS) is 25.0. The zero-order valence-corrected chi connectivity index (χ0v) is 9.56. The van der Waals surface area contributed by atoms with Crippen LogP contribution in [0, 0.1) is 0 Å². The van der Waals surface area contributed by atoms with Gasteiger partial charge in [-0.05, 0) is 48.9 Å². The Bertz CT molecular complexity index is 371. The van der Waals surface area contributed by atoms with Gasteiger partial charge in [-0.15, -0.1) is 0 Å². The highest BCUT2D eigenvalue weighted by atomic mass is 35.5. The van der Waals surface area contributed by atoms with Crippen molar-refractivity contribution in [1.82, 2.24) is 5.32 Å². The van der Waals surface area contributed by atoms with E-state index in [1.54, 1.807) is 0 Å². The van der Waals surface area contributed by atoms with Crippen LogP contribution in [-0.4, -0.2) is 6.04 Å². The lowest BCUT2D eigenvalue weighted by Gasteiger charge is -2.30. The highest BCUT2D eigenvalue weighted by Gasteiger charge is 2.26. The van der Waals surface area contributed by atoms with Crippen LogP contribution in [0.15, 0.2) is 18.2 Å². The van der Waals surface area contributed by atoms with Crippen molar-refractivity contribution in [2.45, 2.75) is 44.2 Å². The summed E-state index contributed by atoms with van der Waals surface area (Å²) in [6.45, 7) is 0. The summed E-state index contributed by atoms with van der Waals surface area (Å²) < 4.78 is 0. The van der Waals surface area contributed by atoms with E-state index in [9.17, 15) is 0 Å². The lowest BCUT2D eigenvalue weighted by atomic mass is 9.92. The lowest BCUT2D eigenvalue weighted by Crippen LogP contribution is -2.37. The van der Waals surface area contributed by atoms with Crippen LogP contribution in [0.2, 0.25) is 5.02 Å². The predicted molar refractivity (Wildman–Crippen MR) is 63.3 cm³/mol. The van der Waals surface area contributed by atoms with Crippen molar-refractivity contribution in [3.63, 3.8) is 0 Å². The highest BCUT2D eigenvalue weighted by Crippen LogP contribution is 2.34. The number of hydrogen-bond donors (Lipinski definition) is 1. The molecule has 1 atom stereocenters. The molecule has 0 saturated heterocycles. The van der Waals surface area contributed by atoms with E-state index in [0.717, 1.165) is 11.1 Å². The second-order valence-corrected chi connectivity index (χ2v) is 5.17. The van der Waals surface area contributed by atoms with Gasteiger partial charge in [0.1, 0.15) is 0 Å². The molecule has 2 heteroatoms. The van der Waals surface area contributed by atoms with Gasteiger partial charge in [0.25, 0.3) is 0 Å². The van der Waals surface area contributed by atoms with E-state index in [1.807, 2.05) is 6.07 Å². The van der Waals surface area contributed by atoms with Gasteiger partial charge in [0, 0.05) is 17.1 Å². The predicted octanol–water partition coefficient (Wildman–Crippen LogP) is 3.47. The molecular weight excluding hydrogens is 206 g/mol. The Hall–Kier alpha value is -0.530. The van der Waals surface area contributed by atoms with E-state index in [4.69, 9.17) is 11.6 Å². The third kappa shape index (κ3) is 1.79. The van der Waals surface area contributed by atoms with Gasteiger partial charge in [0.2, 0.25) is 0 Å². The monoisotopic (exact) mass is 221 g/mol. The zero-order valence-electron chi connectivity index (χ0n) is 8.80. The van der Waals surface area contributed by atoms with Gasteiger partial charge >= 0.3 is 0 Å². The fraction of sp³-hybridized carbons (Fsp3) is 0.538. The molecule has 0 bridgehead atoms. The van der Waals surface area contributed by atoms with Gasteiger partial charge in [0.15, 0.2) is 0 Å². The summed E-state index contributed by atoms with van der Waals surface area (Å²) in [5.74, 6) is 0. The molecule has 0 radical (unpaired) electrons. The third-order valence-electron chi connectivity index (χ3n) is 3.72. The maximum atomic E-state index is 5.99. The Kier molecular flexibility index (Phi) is 2.45. The highest BCUT2D eigenvalue weighted by molar-refractivity contribution is 6.30. The van der Waals surface area contributed by atoms with Crippen molar-refractivity contribution < 1.29 is 0 Å². The van der Waals surface area contributed by atoms with Gasteiger partial charge in [0.05, 0.1) is 0 Å². The van der Waals surface area contributed by atoms with Crippen LogP contribution >= 0.6 is 11.6 Å². The zero-order chi connectivity index (χ0) is 10.3. The van der Waals surface area contributed by atoms with Crippen LogP contribution in [0.3, 0.4) is 0 Å². The Labute approximate surface area is 95.8 Å². The summed E-state index contributed by atoms with van der Waals surface area (Å²) in [5.41, 5.74) is 2.92. The first-order chi connectivity index (χ1) is 7.33. The number of benzene rings is 1. The van der Waals surface area contributed by atoms with Crippen molar-refractivity contribution in [2.75, 3.05) is 0 Å². The Balaban J connectivity index is 1.78. The van der Waals surface area contributed by atoms with E-state index in [-0.39, 0.29) is 0 Å². The molecule has 1 unspecified atom stereocenters. The summed E-state index contributed by atoms with van der Waals surface area (Å²) >= 11 is 5.99. The molecule has 80 valence electrons.